The maximum atomic E-state index is 12.6. The molecule has 5 heteroatoms. The van der Waals surface area contributed by atoms with E-state index >= 15 is 0 Å². The summed E-state index contributed by atoms with van der Waals surface area (Å²) in [6, 6.07) is -0.212. The highest BCUT2D eigenvalue weighted by Gasteiger charge is 2.44. The number of carbonyl (C=O) groups is 2. The lowest BCUT2D eigenvalue weighted by molar-refractivity contribution is -0.142. The van der Waals surface area contributed by atoms with Crippen molar-refractivity contribution in [1.29, 1.82) is 0 Å². The van der Waals surface area contributed by atoms with Gasteiger partial charge < -0.3 is 15.3 Å². The molecular weight excluding hydrogens is 256 g/mol. The summed E-state index contributed by atoms with van der Waals surface area (Å²) in [4.78, 5) is 26.4. The van der Waals surface area contributed by atoms with Crippen LogP contribution in [0.4, 0.5) is 0 Å². The van der Waals surface area contributed by atoms with Gasteiger partial charge in [-0.2, -0.15) is 0 Å². The molecule has 0 radical (unpaired) electrons. The Labute approximate surface area is 120 Å². The summed E-state index contributed by atoms with van der Waals surface area (Å²) < 4.78 is 0. The molecule has 0 spiro atoms. The van der Waals surface area contributed by atoms with E-state index in [-0.39, 0.29) is 30.0 Å². The van der Waals surface area contributed by atoms with Crippen molar-refractivity contribution in [2.45, 2.75) is 77.6 Å². The van der Waals surface area contributed by atoms with E-state index in [9.17, 15) is 14.7 Å². The number of fused-ring (bicyclic) bond motifs is 2. The van der Waals surface area contributed by atoms with Crippen LogP contribution in [0.2, 0.25) is 0 Å². The molecule has 5 nitrogen and oxygen atoms in total. The lowest BCUT2D eigenvalue weighted by Gasteiger charge is -2.39. The zero-order valence-corrected chi connectivity index (χ0v) is 12.8. The lowest BCUT2D eigenvalue weighted by atomic mass is 9.95. The highest BCUT2D eigenvalue weighted by molar-refractivity contribution is 5.89. The van der Waals surface area contributed by atoms with E-state index in [2.05, 4.69) is 5.32 Å². The van der Waals surface area contributed by atoms with E-state index in [1.54, 1.807) is 6.92 Å². The van der Waals surface area contributed by atoms with Crippen LogP contribution in [0.3, 0.4) is 0 Å². The van der Waals surface area contributed by atoms with E-state index in [1.165, 1.54) is 0 Å². The molecule has 2 bridgehead atoms. The Morgan fingerprint density at radius 1 is 1.20 bits per heavy atom. The summed E-state index contributed by atoms with van der Waals surface area (Å²) in [5.41, 5.74) is -0.494. The summed E-state index contributed by atoms with van der Waals surface area (Å²) in [5.74, 6) is -0.121. The minimum atomic E-state index is -0.500. The van der Waals surface area contributed by atoms with Crippen molar-refractivity contribution in [1.82, 2.24) is 10.2 Å². The molecule has 3 atom stereocenters. The SMILES string of the molecule is CC(NC(=O)C(C)(C)C)C(=O)N1C2CCC1CC(O)C2. The smallest absolute Gasteiger partial charge is 0.245 e. The third-order valence-electron chi connectivity index (χ3n) is 4.36. The molecule has 0 saturated carbocycles. The third-order valence-corrected chi connectivity index (χ3v) is 4.36. The van der Waals surface area contributed by atoms with Crippen LogP contribution in [-0.2, 0) is 9.59 Å². The molecule has 2 rings (SSSR count). The molecule has 0 aromatic heterocycles. The van der Waals surface area contributed by atoms with Crippen LogP contribution in [0.25, 0.3) is 0 Å². The Bertz CT molecular complexity index is 388. The monoisotopic (exact) mass is 282 g/mol. The largest absolute Gasteiger partial charge is 0.393 e. The predicted molar refractivity (Wildman–Crippen MR) is 76.0 cm³/mol. The molecule has 2 saturated heterocycles. The number of carbonyl (C=O) groups excluding carboxylic acids is 2. The number of rotatable bonds is 2. The minimum absolute atomic E-state index is 0.0120. The van der Waals surface area contributed by atoms with Crippen molar-refractivity contribution in [3.05, 3.63) is 0 Å². The Balaban J connectivity index is 2.00. The van der Waals surface area contributed by atoms with Crippen molar-refractivity contribution in [2.75, 3.05) is 0 Å². The van der Waals surface area contributed by atoms with Crippen molar-refractivity contribution >= 4 is 11.8 Å². The zero-order chi connectivity index (χ0) is 15.1. The van der Waals surface area contributed by atoms with Gasteiger partial charge in [-0.1, -0.05) is 20.8 Å². The van der Waals surface area contributed by atoms with Crippen LogP contribution >= 0.6 is 0 Å². The summed E-state index contributed by atoms with van der Waals surface area (Å²) in [6.07, 6.45) is 2.99. The molecule has 114 valence electrons. The van der Waals surface area contributed by atoms with E-state index in [0.29, 0.717) is 12.8 Å². The van der Waals surface area contributed by atoms with Crippen LogP contribution in [0.5, 0.6) is 0 Å². The number of aliphatic hydroxyl groups is 1. The molecular formula is C15H26N2O3. The first-order valence-electron chi connectivity index (χ1n) is 7.51. The maximum absolute atomic E-state index is 12.6. The summed E-state index contributed by atoms with van der Waals surface area (Å²) >= 11 is 0. The summed E-state index contributed by atoms with van der Waals surface area (Å²) in [6.45, 7) is 7.25. The lowest BCUT2D eigenvalue weighted by Crippen LogP contribution is -2.55. The highest BCUT2D eigenvalue weighted by atomic mass is 16.3. The molecule has 2 aliphatic rings. The minimum Gasteiger partial charge on any atom is -0.393 e. The van der Waals surface area contributed by atoms with Gasteiger partial charge in [-0.3, -0.25) is 9.59 Å². The second kappa shape index (κ2) is 5.35. The van der Waals surface area contributed by atoms with Crippen LogP contribution in [0, 0.1) is 5.41 Å². The van der Waals surface area contributed by atoms with Crippen molar-refractivity contribution in [3.8, 4) is 0 Å². The van der Waals surface area contributed by atoms with Gasteiger partial charge >= 0.3 is 0 Å². The first kappa shape index (κ1) is 15.3. The summed E-state index contributed by atoms with van der Waals surface area (Å²) in [5, 5.41) is 12.6. The van der Waals surface area contributed by atoms with Gasteiger partial charge in [0.2, 0.25) is 11.8 Å². The number of hydrogen-bond donors (Lipinski definition) is 2. The number of aliphatic hydroxyl groups excluding tert-OH is 1. The van der Waals surface area contributed by atoms with Gasteiger partial charge in [0.15, 0.2) is 0 Å². The molecule has 0 aliphatic carbocycles. The van der Waals surface area contributed by atoms with Gasteiger partial charge in [0.1, 0.15) is 6.04 Å². The predicted octanol–water partition coefficient (Wildman–Crippen LogP) is 1.05. The van der Waals surface area contributed by atoms with Crippen molar-refractivity contribution < 1.29 is 14.7 Å². The molecule has 0 aromatic rings. The number of nitrogens with one attached hydrogen (secondary N) is 1. The molecule has 2 aliphatic heterocycles. The van der Waals surface area contributed by atoms with Crippen molar-refractivity contribution in [3.63, 3.8) is 0 Å². The van der Waals surface area contributed by atoms with Gasteiger partial charge in [-0.05, 0) is 32.6 Å². The fourth-order valence-corrected chi connectivity index (χ4v) is 3.21. The maximum Gasteiger partial charge on any atom is 0.245 e. The molecule has 2 heterocycles. The Morgan fingerprint density at radius 2 is 1.70 bits per heavy atom. The number of nitrogens with zero attached hydrogens (tertiary/aromatic N) is 1. The molecule has 2 N–H and O–H groups in total. The van der Waals surface area contributed by atoms with E-state index in [0.717, 1.165) is 12.8 Å². The Kier molecular flexibility index (Phi) is 4.09. The summed E-state index contributed by atoms with van der Waals surface area (Å²) in [7, 11) is 0. The normalized spacial score (nSPS) is 31.1. The molecule has 0 aromatic carbocycles. The van der Waals surface area contributed by atoms with Crippen LogP contribution < -0.4 is 5.32 Å². The van der Waals surface area contributed by atoms with Gasteiger partial charge in [0.25, 0.3) is 0 Å². The van der Waals surface area contributed by atoms with Crippen LogP contribution in [-0.4, -0.2) is 46.1 Å². The fraction of sp³-hybridized carbons (Fsp3) is 0.867. The second-order valence-corrected chi connectivity index (χ2v) is 7.20. The quantitative estimate of drug-likeness (QED) is 0.795. The topological polar surface area (TPSA) is 69.6 Å². The first-order valence-corrected chi connectivity index (χ1v) is 7.51. The van der Waals surface area contributed by atoms with E-state index in [4.69, 9.17) is 0 Å². The average molecular weight is 282 g/mol. The van der Waals surface area contributed by atoms with Gasteiger partial charge in [-0.25, -0.2) is 0 Å². The third kappa shape index (κ3) is 2.97. The van der Waals surface area contributed by atoms with Crippen molar-refractivity contribution in [2.24, 2.45) is 5.41 Å². The van der Waals surface area contributed by atoms with E-state index < -0.39 is 11.5 Å². The van der Waals surface area contributed by atoms with Gasteiger partial charge in [-0.15, -0.1) is 0 Å². The molecule has 2 amide bonds. The second-order valence-electron chi connectivity index (χ2n) is 7.20. The van der Waals surface area contributed by atoms with E-state index in [1.807, 2.05) is 25.7 Å². The number of piperidine rings is 1. The molecule has 3 unspecified atom stereocenters. The Hall–Kier alpha value is -1.10. The molecule has 2 fully saturated rings. The number of hydrogen-bond acceptors (Lipinski definition) is 3. The Morgan fingerprint density at radius 3 is 2.15 bits per heavy atom. The standard InChI is InChI=1S/C15H26N2O3/c1-9(16-14(20)15(2,3)4)13(19)17-10-5-6-11(17)8-12(18)7-10/h9-12,18H,5-8H2,1-4H3,(H,16,20). The van der Waals surface area contributed by atoms with Gasteiger partial charge in [0, 0.05) is 17.5 Å². The highest BCUT2D eigenvalue weighted by Crippen LogP contribution is 2.36. The van der Waals surface area contributed by atoms with Crippen LogP contribution in [0.1, 0.15) is 53.4 Å². The van der Waals surface area contributed by atoms with Crippen LogP contribution in [0.15, 0.2) is 0 Å². The van der Waals surface area contributed by atoms with Gasteiger partial charge in [0.05, 0.1) is 6.10 Å². The fourth-order valence-electron chi connectivity index (χ4n) is 3.21. The zero-order valence-electron chi connectivity index (χ0n) is 12.8. The average Bonchev–Trinajstić information content (AvgIpc) is 2.59. The first-order chi connectivity index (χ1) is 9.20. The number of amides is 2. The molecule has 20 heavy (non-hydrogen) atoms.